The van der Waals surface area contributed by atoms with Crippen LogP contribution in [0.2, 0.25) is 0 Å². The number of hydrogen-bond acceptors (Lipinski definition) is 2. The minimum absolute atomic E-state index is 0.00706. The van der Waals surface area contributed by atoms with Crippen LogP contribution in [0.3, 0.4) is 0 Å². The van der Waals surface area contributed by atoms with Crippen molar-refractivity contribution in [3.63, 3.8) is 0 Å². The molecular formula is C33H54N2O3. The lowest BCUT2D eigenvalue weighted by Crippen LogP contribution is -2.64. The predicted molar refractivity (Wildman–Crippen MR) is 155 cm³/mol. The number of carbonyl (C=O) groups is 2. The number of amides is 2. The first-order chi connectivity index (χ1) is 17.8. The van der Waals surface area contributed by atoms with E-state index in [1.54, 1.807) is 4.90 Å². The zero-order valence-electron chi connectivity index (χ0n) is 25.0. The lowest BCUT2D eigenvalue weighted by Gasteiger charge is -2.57. The quantitative estimate of drug-likeness (QED) is 0.349. The zero-order valence-corrected chi connectivity index (χ0v) is 25.0. The van der Waals surface area contributed by atoms with Crippen LogP contribution >= 0.6 is 0 Å². The Morgan fingerprint density at radius 1 is 0.895 bits per heavy atom. The summed E-state index contributed by atoms with van der Waals surface area (Å²) in [5.74, 6) is 0.873. The average molecular weight is 527 g/mol. The minimum atomic E-state index is -0.938. The van der Waals surface area contributed by atoms with Gasteiger partial charge in [0.05, 0.1) is 0 Å². The van der Waals surface area contributed by atoms with E-state index in [4.69, 9.17) is 0 Å². The summed E-state index contributed by atoms with van der Waals surface area (Å²) in [6, 6.07) is -0.337. The van der Waals surface area contributed by atoms with Gasteiger partial charge in [0, 0.05) is 23.9 Å². The number of carboxylic acid groups (broad SMARTS) is 1. The molecule has 0 bridgehead atoms. The summed E-state index contributed by atoms with van der Waals surface area (Å²) in [5, 5.41) is 13.6. The first kappa shape index (κ1) is 29.2. The molecule has 4 aliphatic rings. The fourth-order valence-electron chi connectivity index (χ4n) is 9.55. The van der Waals surface area contributed by atoms with Crippen LogP contribution in [-0.2, 0) is 4.79 Å². The third-order valence-corrected chi connectivity index (χ3v) is 11.5. The molecule has 8 atom stereocenters. The number of carboxylic acids is 1. The molecule has 5 heteroatoms. The third-order valence-electron chi connectivity index (χ3n) is 11.5. The van der Waals surface area contributed by atoms with E-state index in [0.29, 0.717) is 17.8 Å². The van der Waals surface area contributed by atoms with Gasteiger partial charge in [0.25, 0.3) is 0 Å². The van der Waals surface area contributed by atoms with Gasteiger partial charge in [-0.05, 0) is 98.7 Å². The fraction of sp³-hybridized carbons (Fsp3) is 0.818. The fourth-order valence-corrected chi connectivity index (χ4v) is 9.55. The molecule has 0 saturated heterocycles. The van der Waals surface area contributed by atoms with Gasteiger partial charge in [-0.1, -0.05) is 65.8 Å². The van der Waals surface area contributed by atoms with Gasteiger partial charge in [-0.3, -0.25) is 4.79 Å². The molecule has 4 saturated carbocycles. The largest absolute Gasteiger partial charge is 0.480 e. The van der Waals surface area contributed by atoms with Crippen molar-refractivity contribution in [2.24, 2.45) is 46.3 Å². The van der Waals surface area contributed by atoms with Crippen molar-refractivity contribution in [2.45, 2.75) is 118 Å². The Kier molecular flexibility index (Phi) is 8.46. The summed E-state index contributed by atoms with van der Waals surface area (Å²) in [4.78, 5) is 28.5. The van der Waals surface area contributed by atoms with Crippen LogP contribution in [0.1, 0.15) is 106 Å². The minimum Gasteiger partial charge on any atom is -0.480 e. The van der Waals surface area contributed by atoms with Gasteiger partial charge in [-0.2, -0.15) is 0 Å². The first-order valence-corrected chi connectivity index (χ1v) is 15.4. The standard InChI is InChI=1S/C33H54N2O3/c1-20(2)24-13-17-32(7)15-9-11-22(5)27(32)29(24)34-31(38)35(19-26(36)37)30-25(21(3)4)14-18-33(8)16-10-12-23(6)28(30)33/h20-21,24-25,27-30H,5-6,9-19H2,1-4,7-8H3,(H,34,38)(H,36,37)/t24-,25-,27+,28+,29-,30-,32+,33+/m0/s1. The van der Waals surface area contributed by atoms with Crippen LogP contribution in [0.4, 0.5) is 4.79 Å². The number of aliphatic carboxylic acids is 1. The molecule has 0 aromatic carbocycles. The normalized spacial score (nSPS) is 39.5. The molecule has 5 nitrogen and oxygen atoms in total. The Bertz CT molecular complexity index is 941. The highest BCUT2D eigenvalue weighted by Gasteiger charge is 2.54. The van der Waals surface area contributed by atoms with Crippen molar-refractivity contribution in [1.29, 1.82) is 0 Å². The van der Waals surface area contributed by atoms with Gasteiger partial charge in [0.15, 0.2) is 0 Å². The molecule has 0 unspecified atom stereocenters. The molecule has 0 spiro atoms. The number of rotatable bonds is 6. The maximum Gasteiger partial charge on any atom is 0.323 e. The van der Waals surface area contributed by atoms with E-state index in [0.717, 1.165) is 44.9 Å². The van der Waals surface area contributed by atoms with E-state index in [9.17, 15) is 14.7 Å². The second-order valence-corrected chi connectivity index (χ2v) is 14.7. The van der Waals surface area contributed by atoms with Crippen molar-refractivity contribution in [3.05, 3.63) is 24.3 Å². The second kappa shape index (κ2) is 11.0. The Hall–Kier alpha value is -1.78. The summed E-state index contributed by atoms with van der Waals surface area (Å²) >= 11 is 0. The number of hydrogen-bond donors (Lipinski definition) is 2. The van der Waals surface area contributed by atoms with E-state index >= 15 is 0 Å². The van der Waals surface area contributed by atoms with Gasteiger partial charge in [0.1, 0.15) is 6.54 Å². The third kappa shape index (κ3) is 5.32. The molecule has 2 N–H and O–H groups in total. The van der Waals surface area contributed by atoms with Crippen molar-refractivity contribution in [3.8, 4) is 0 Å². The topological polar surface area (TPSA) is 69.6 Å². The Labute approximate surface area is 231 Å². The summed E-state index contributed by atoms with van der Waals surface area (Å²) < 4.78 is 0. The smallest absolute Gasteiger partial charge is 0.323 e. The molecule has 4 rings (SSSR count). The van der Waals surface area contributed by atoms with Gasteiger partial charge < -0.3 is 15.3 Å². The Balaban J connectivity index is 1.72. The maximum atomic E-state index is 14.4. The number of carbonyl (C=O) groups excluding carboxylic acids is 1. The number of nitrogens with zero attached hydrogens (tertiary/aromatic N) is 1. The van der Waals surface area contributed by atoms with E-state index < -0.39 is 5.97 Å². The molecule has 214 valence electrons. The summed E-state index contributed by atoms with van der Waals surface area (Å²) in [7, 11) is 0. The number of fused-ring (bicyclic) bond motifs is 2. The van der Waals surface area contributed by atoms with Crippen LogP contribution in [0.15, 0.2) is 24.3 Å². The van der Waals surface area contributed by atoms with Crippen molar-refractivity contribution in [2.75, 3.05) is 6.54 Å². The highest BCUT2D eigenvalue weighted by atomic mass is 16.4. The molecule has 0 aromatic heterocycles. The van der Waals surface area contributed by atoms with Gasteiger partial charge in [0.2, 0.25) is 0 Å². The predicted octanol–water partition coefficient (Wildman–Crippen LogP) is 7.68. The highest BCUT2D eigenvalue weighted by Crippen LogP contribution is 2.57. The lowest BCUT2D eigenvalue weighted by molar-refractivity contribution is -0.139. The van der Waals surface area contributed by atoms with Crippen LogP contribution in [0.25, 0.3) is 0 Å². The number of urea groups is 1. The van der Waals surface area contributed by atoms with Gasteiger partial charge in [-0.15, -0.1) is 0 Å². The van der Waals surface area contributed by atoms with E-state index in [2.05, 4.69) is 60.0 Å². The highest BCUT2D eigenvalue weighted by molar-refractivity contribution is 5.81. The second-order valence-electron chi connectivity index (χ2n) is 14.7. The summed E-state index contributed by atoms with van der Waals surface area (Å²) in [6.07, 6.45) is 11.0. The van der Waals surface area contributed by atoms with E-state index in [-0.39, 0.29) is 53.2 Å². The number of nitrogens with one attached hydrogen (secondary N) is 1. The van der Waals surface area contributed by atoms with Crippen LogP contribution in [0, 0.1) is 46.3 Å². The Morgan fingerprint density at radius 3 is 1.92 bits per heavy atom. The van der Waals surface area contributed by atoms with E-state index in [1.807, 2.05) is 0 Å². The summed E-state index contributed by atoms with van der Waals surface area (Å²) in [6.45, 7) is 22.5. The Morgan fingerprint density at radius 2 is 1.39 bits per heavy atom. The van der Waals surface area contributed by atoms with Crippen LogP contribution in [-0.4, -0.2) is 40.6 Å². The monoisotopic (exact) mass is 526 g/mol. The molecule has 4 fully saturated rings. The van der Waals surface area contributed by atoms with Crippen molar-refractivity contribution < 1.29 is 14.7 Å². The molecular weight excluding hydrogens is 472 g/mol. The average Bonchev–Trinajstić information content (AvgIpc) is 2.81. The van der Waals surface area contributed by atoms with Crippen LogP contribution in [0.5, 0.6) is 0 Å². The molecule has 4 aliphatic carbocycles. The van der Waals surface area contributed by atoms with E-state index in [1.165, 1.54) is 30.4 Å². The molecule has 0 aromatic rings. The zero-order chi connectivity index (χ0) is 28.0. The van der Waals surface area contributed by atoms with Crippen LogP contribution < -0.4 is 5.32 Å². The van der Waals surface area contributed by atoms with Crippen molar-refractivity contribution in [1.82, 2.24) is 10.2 Å². The maximum absolute atomic E-state index is 14.4. The van der Waals surface area contributed by atoms with Gasteiger partial charge in [-0.25, -0.2) is 4.79 Å². The molecule has 38 heavy (non-hydrogen) atoms. The SMILES string of the molecule is C=C1CCC[C@]2(C)CC[C@@H](C(C)C)[C@H](NC(=O)N(CC(=O)O)[C@@H]3[C@H]4C(=C)CCC[C@]4(C)CC[C@H]3C(C)C)[C@@H]12. The summed E-state index contributed by atoms with van der Waals surface area (Å²) in [5.41, 5.74) is 2.70. The lowest BCUT2D eigenvalue weighted by atomic mass is 9.53. The molecule has 0 radical (unpaired) electrons. The molecule has 0 heterocycles. The molecule has 0 aliphatic heterocycles. The van der Waals surface area contributed by atoms with Gasteiger partial charge >= 0.3 is 12.0 Å². The first-order valence-electron chi connectivity index (χ1n) is 15.4. The molecule has 2 amide bonds. The van der Waals surface area contributed by atoms with Crippen molar-refractivity contribution >= 4 is 12.0 Å².